The molecule has 98 valence electrons. The molecule has 0 radical (unpaired) electrons. The highest BCUT2D eigenvalue weighted by atomic mass is 16.1. The molecule has 17 heavy (non-hydrogen) atoms. The average Bonchev–Trinajstić information content (AvgIpc) is 2.37. The second-order valence-corrected chi connectivity index (χ2v) is 7.87. The summed E-state index contributed by atoms with van der Waals surface area (Å²) in [6, 6.07) is 0. The smallest absolute Gasteiger partial charge is 0.123 e. The SMILES string of the molecule is CC1CC(C=O)C2C(C1)C(C)(C)C(C)C2(C)C. The van der Waals surface area contributed by atoms with Crippen LogP contribution in [0.1, 0.15) is 54.4 Å². The molecular formula is C16H28O. The van der Waals surface area contributed by atoms with Crippen LogP contribution in [0.15, 0.2) is 0 Å². The number of hydrogen-bond donors (Lipinski definition) is 0. The minimum Gasteiger partial charge on any atom is -0.303 e. The van der Waals surface area contributed by atoms with Crippen LogP contribution in [0, 0.1) is 40.4 Å². The van der Waals surface area contributed by atoms with Crippen LogP contribution in [0.3, 0.4) is 0 Å². The molecule has 0 heterocycles. The Kier molecular flexibility index (Phi) is 2.95. The van der Waals surface area contributed by atoms with Crippen LogP contribution in [-0.2, 0) is 4.79 Å². The summed E-state index contributed by atoms with van der Waals surface area (Å²) >= 11 is 0. The number of rotatable bonds is 1. The molecule has 0 aliphatic heterocycles. The van der Waals surface area contributed by atoms with Crippen molar-refractivity contribution in [3.05, 3.63) is 0 Å². The summed E-state index contributed by atoms with van der Waals surface area (Å²) in [6.45, 7) is 14.3. The van der Waals surface area contributed by atoms with Crippen LogP contribution in [0.2, 0.25) is 0 Å². The Bertz CT molecular complexity index is 315. The molecule has 0 saturated heterocycles. The van der Waals surface area contributed by atoms with Crippen molar-refractivity contribution in [1.29, 1.82) is 0 Å². The molecule has 0 aromatic rings. The van der Waals surface area contributed by atoms with Crippen LogP contribution in [0.25, 0.3) is 0 Å². The highest BCUT2D eigenvalue weighted by Gasteiger charge is 2.60. The molecule has 5 unspecified atom stereocenters. The average molecular weight is 236 g/mol. The van der Waals surface area contributed by atoms with E-state index < -0.39 is 0 Å². The zero-order valence-electron chi connectivity index (χ0n) is 12.3. The van der Waals surface area contributed by atoms with Crippen LogP contribution >= 0.6 is 0 Å². The van der Waals surface area contributed by atoms with E-state index in [0.29, 0.717) is 34.5 Å². The molecule has 2 rings (SSSR count). The van der Waals surface area contributed by atoms with E-state index in [4.69, 9.17) is 0 Å². The normalized spacial score (nSPS) is 47.5. The fourth-order valence-electron chi connectivity index (χ4n) is 5.13. The first-order valence-electron chi connectivity index (χ1n) is 7.18. The van der Waals surface area contributed by atoms with E-state index in [9.17, 15) is 4.79 Å². The van der Waals surface area contributed by atoms with Crippen molar-refractivity contribution >= 4 is 6.29 Å². The maximum Gasteiger partial charge on any atom is 0.123 e. The molecule has 0 aromatic carbocycles. The summed E-state index contributed by atoms with van der Waals surface area (Å²) in [4.78, 5) is 11.5. The van der Waals surface area contributed by atoms with Crippen molar-refractivity contribution < 1.29 is 4.79 Å². The summed E-state index contributed by atoms with van der Waals surface area (Å²) in [5.41, 5.74) is 0.685. The number of aldehydes is 1. The predicted octanol–water partition coefficient (Wildman–Crippen LogP) is 4.17. The molecule has 5 atom stereocenters. The lowest BCUT2D eigenvalue weighted by Gasteiger charge is -2.43. The molecule has 0 spiro atoms. The predicted molar refractivity (Wildman–Crippen MR) is 71.7 cm³/mol. The number of fused-ring (bicyclic) bond motifs is 1. The summed E-state index contributed by atoms with van der Waals surface area (Å²) in [6.07, 6.45) is 3.68. The van der Waals surface area contributed by atoms with Gasteiger partial charge in [-0.15, -0.1) is 0 Å². The Morgan fingerprint density at radius 1 is 1.00 bits per heavy atom. The van der Waals surface area contributed by atoms with Gasteiger partial charge in [0, 0.05) is 5.92 Å². The quantitative estimate of drug-likeness (QED) is 0.625. The Hall–Kier alpha value is -0.330. The summed E-state index contributed by atoms with van der Waals surface area (Å²) in [5, 5.41) is 0. The van der Waals surface area contributed by atoms with Gasteiger partial charge < -0.3 is 4.79 Å². The Balaban J connectivity index is 2.43. The van der Waals surface area contributed by atoms with Crippen molar-refractivity contribution in [3.63, 3.8) is 0 Å². The molecule has 2 saturated carbocycles. The fraction of sp³-hybridized carbons (Fsp3) is 0.938. The van der Waals surface area contributed by atoms with Gasteiger partial charge in [-0.1, -0.05) is 41.5 Å². The number of carbonyl (C=O) groups is 1. The van der Waals surface area contributed by atoms with Gasteiger partial charge in [0.2, 0.25) is 0 Å². The summed E-state index contributed by atoms with van der Waals surface area (Å²) in [5.74, 6) is 3.03. The molecule has 0 aromatic heterocycles. The highest BCUT2D eigenvalue weighted by molar-refractivity contribution is 5.55. The Morgan fingerprint density at radius 3 is 2.12 bits per heavy atom. The van der Waals surface area contributed by atoms with Gasteiger partial charge in [-0.3, -0.25) is 0 Å². The highest BCUT2D eigenvalue weighted by Crippen LogP contribution is 2.66. The molecule has 1 nitrogen and oxygen atoms in total. The molecule has 2 aliphatic carbocycles. The fourth-order valence-corrected chi connectivity index (χ4v) is 5.13. The lowest BCUT2D eigenvalue weighted by atomic mass is 9.61. The molecule has 0 bridgehead atoms. The van der Waals surface area contributed by atoms with Gasteiger partial charge in [0.15, 0.2) is 0 Å². The van der Waals surface area contributed by atoms with E-state index in [-0.39, 0.29) is 0 Å². The van der Waals surface area contributed by atoms with E-state index in [1.165, 1.54) is 12.7 Å². The van der Waals surface area contributed by atoms with Gasteiger partial charge in [-0.2, -0.15) is 0 Å². The van der Waals surface area contributed by atoms with E-state index in [1.54, 1.807) is 0 Å². The van der Waals surface area contributed by atoms with Crippen LogP contribution < -0.4 is 0 Å². The molecular weight excluding hydrogens is 208 g/mol. The van der Waals surface area contributed by atoms with Crippen molar-refractivity contribution in [2.24, 2.45) is 40.4 Å². The van der Waals surface area contributed by atoms with E-state index in [1.807, 2.05) is 0 Å². The first-order chi connectivity index (χ1) is 7.72. The van der Waals surface area contributed by atoms with E-state index >= 15 is 0 Å². The third-order valence-electron chi connectivity index (χ3n) is 6.45. The lowest BCUT2D eigenvalue weighted by Crippen LogP contribution is -2.38. The maximum absolute atomic E-state index is 11.5. The van der Waals surface area contributed by atoms with Gasteiger partial charge in [-0.25, -0.2) is 0 Å². The van der Waals surface area contributed by atoms with E-state index in [0.717, 1.165) is 12.3 Å². The second-order valence-electron chi connectivity index (χ2n) is 7.87. The largest absolute Gasteiger partial charge is 0.303 e. The zero-order chi connectivity index (χ0) is 13.0. The minimum atomic E-state index is 0.294. The van der Waals surface area contributed by atoms with Gasteiger partial charge in [-0.05, 0) is 47.3 Å². The minimum absolute atomic E-state index is 0.294. The first kappa shape index (κ1) is 13.1. The van der Waals surface area contributed by atoms with Crippen molar-refractivity contribution in [1.82, 2.24) is 0 Å². The standard InChI is InChI=1S/C16H28O/c1-10-7-12(9-17)14-13(8-10)15(3,4)11(2)16(14,5)6/h9-14H,7-8H2,1-6H3. The molecule has 2 fully saturated rings. The number of hydrogen-bond acceptors (Lipinski definition) is 1. The first-order valence-corrected chi connectivity index (χ1v) is 7.18. The summed E-state index contributed by atoms with van der Waals surface area (Å²) < 4.78 is 0. The monoisotopic (exact) mass is 236 g/mol. The Labute approximate surface area is 106 Å². The van der Waals surface area contributed by atoms with Crippen molar-refractivity contribution in [2.75, 3.05) is 0 Å². The topological polar surface area (TPSA) is 17.1 Å². The van der Waals surface area contributed by atoms with Gasteiger partial charge in [0.1, 0.15) is 6.29 Å². The van der Waals surface area contributed by atoms with Crippen LogP contribution in [0.4, 0.5) is 0 Å². The zero-order valence-corrected chi connectivity index (χ0v) is 12.3. The second kappa shape index (κ2) is 3.83. The van der Waals surface area contributed by atoms with Gasteiger partial charge in [0.25, 0.3) is 0 Å². The van der Waals surface area contributed by atoms with Gasteiger partial charge in [0.05, 0.1) is 0 Å². The Morgan fingerprint density at radius 2 is 1.59 bits per heavy atom. The lowest BCUT2D eigenvalue weighted by molar-refractivity contribution is -0.117. The van der Waals surface area contributed by atoms with Crippen LogP contribution in [0.5, 0.6) is 0 Å². The molecule has 0 amide bonds. The van der Waals surface area contributed by atoms with Crippen molar-refractivity contribution in [3.8, 4) is 0 Å². The third-order valence-corrected chi connectivity index (χ3v) is 6.45. The number of carbonyl (C=O) groups excluding carboxylic acids is 1. The molecule has 0 N–H and O–H groups in total. The van der Waals surface area contributed by atoms with Gasteiger partial charge >= 0.3 is 0 Å². The maximum atomic E-state index is 11.5. The molecule has 1 heteroatoms. The van der Waals surface area contributed by atoms with Crippen molar-refractivity contribution in [2.45, 2.75) is 54.4 Å². The molecule has 2 aliphatic rings. The summed E-state index contributed by atoms with van der Waals surface area (Å²) in [7, 11) is 0. The van der Waals surface area contributed by atoms with Crippen LogP contribution in [-0.4, -0.2) is 6.29 Å². The van der Waals surface area contributed by atoms with E-state index in [2.05, 4.69) is 41.5 Å². The third kappa shape index (κ3) is 1.69.